The van der Waals surface area contributed by atoms with Gasteiger partial charge in [-0.2, -0.15) is 0 Å². The van der Waals surface area contributed by atoms with Gasteiger partial charge in [0.25, 0.3) is 0 Å². The fourth-order valence-corrected chi connectivity index (χ4v) is 2.15. The number of hydrogen-bond acceptors (Lipinski definition) is 5. The zero-order valence-electron chi connectivity index (χ0n) is 9.45. The van der Waals surface area contributed by atoms with E-state index in [1.807, 2.05) is 6.07 Å². The Balaban J connectivity index is 1.96. The van der Waals surface area contributed by atoms with Gasteiger partial charge < -0.3 is 10.7 Å². The van der Waals surface area contributed by atoms with Crippen LogP contribution in [0.25, 0.3) is 0 Å². The van der Waals surface area contributed by atoms with E-state index in [2.05, 4.69) is 20.7 Å². The minimum atomic E-state index is 0.544. The van der Waals surface area contributed by atoms with Gasteiger partial charge in [-0.05, 0) is 12.8 Å². The zero-order chi connectivity index (χ0) is 11.2. The number of nitrogen functional groups attached to an aromatic ring is 1. The van der Waals surface area contributed by atoms with E-state index in [4.69, 9.17) is 5.84 Å². The largest absolute Gasteiger partial charge is 0.367 e. The predicted molar refractivity (Wildman–Crippen MR) is 65.0 cm³/mol. The Morgan fingerprint density at radius 1 is 1.06 bits per heavy atom. The summed E-state index contributed by atoms with van der Waals surface area (Å²) >= 11 is 0. The van der Waals surface area contributed by atoms with Crippen molar-refractivity contribution >= 4 is 11.6 Å². The molecule has 4 N–H and O–H groups in total. The van der Waals surface area contributed by atoms with Crippen molar-refractivity contribution in [2.24, 2.45) is 5.84 Å². The average Bonchev–Trinajstić information content (AvgIpc) is 2.58. The highest BCUT2D eigenvalue weighted by Gasteiger charge is 2.12. The van der Waals surface area contributed by atoms with Gasteiger partial charge in [0, 0.05) is 12.1 Å². The molecule has 0 radical (unpaired) electrons. The fourth-order valence-electron chi connectivity index (χ4n) is 2.15. The van der Waals surface area contributed by atoms with Crippen molar-refractivity contribution in [3.63, 3.8) is 0 Å². The van der Waals surface area contributed by atoms with Gasteiger partial charge in [-0.25, -0.2) is 15.8 Å². The van der Waals surface area contributed by atoms with Gasteiger partial charge in [0.05, 0.1) is 0 Å². The normalized spacial score (nSPS) is 17.8. The molecule has 1 aliphatic rings. The molecule has 0 atom stereocenters. The molecule has 1 fully saturated rings. The van der Waals surface area contributed by atoms with E-state index < -0.39 is 0 Å². The van der Waals surface area contributed by atoms with Crippen LogP contribution in [0.1, 0.15) is 38.5 Å². The predicted octanol–water partition coefficient (Wildman–Crippen LogP) is 1.90. The van der Waals surface area contributed by atoms with Crippen molar-refractivity contribution < 1.29 is 0 Å². The summed E-state index contributed by atoms with van der Waals surface area (Å²) in [5.41, 5.74) is 2.53. The summed E-state index contributed by atoms with van der Waals surface area (Å²) in [5.74, 6) is 6.81. The van der Waals surface area contributed by atoms with Crippen LogP contribution in [0.15, 0.2) is 12.4 Å². The molecule has 0 aromatic carbocycles. The molecule has 0 bridgehead atoms. The van der Waals surface area contributed by atoms with E-state index >= 15 is 0 Å². The maximum absolute atomic E-state index is 5.31. The number of nitrogens with two attached hydrogens (primary N) is 1. The Morgan fingerprint density at radius 2 is 1.75 bits per heavy atom. The van der Waals surface area contributed by atoms with Crippen molar-refractivity contribution in [2.75, 3.05) is 10.7 Å². The average molecular weight is 221 g/mol. The summed E-state index contributed by atoms with van der Waals surface area (Å²) in [7, 11) is 0. The molecule has 1 heterocycles. The maximum Gasteiger partial charge on any atom is 0.145 e. The third kappa shape index (κ3) is 3.06. The molecule has 1 saturated carbocycles. The van der Waals surface area contributed by atoms with E-state index in [1.165, 1.54) is 44.9 Å². The molecule has 0 aliphatic heterocycles. The number of anilines is 2. The smallest absolute Gasteiger partial charge is 0.145 e. The molecule has 0 spiro atoms. The van der Waals surface area contributed by atoms with E-state index in [1.54, 1.807) is 0 Å². The minimum Gasteiger partial charge on any atom is -0.367 e. The fraction of sp³-hybridized carbons (Fsp3) is 0.636. The number of hydrazine groups is 1. The Hall–Kier alpha value is -1.36. The Morgan fingerprint density at radius 3 is 2.44 bits per heavy atom. The summed E-state index contributed by atoms with van der Waals surface area (Å²) in [5, 5.41) is 3.45. The molecule has 0 saturated heterocycles. The van der Waals surface area contributed by atoms with Crippen molar-refractivity contribution in [2.45, 2.75) is 44.6 Å². The molecule has 1 aromatic heterocycles. The number of nitrogens with zero attached hydrogens (tertiary/aromatic N) is 2. The molecule has 5 heteroatoms. The van der Waals surface area contributed by atoms with Crippen LogP contribution < -0.4 is 16.6 Å². The molecule has 5 nitrogen and oxygen atoms in total. The van der Waals surface area contributed by atoms with Crippen LogP contribution in [0.4, 0.5) is 11.6 Å². The lowest BCUT2D eigenvalue weighted by Crippen LogP contribution is -2.19. The number of aromatic nitrogens is 2. The first-order chi connectivity index (χ1) is 7.88. The van der Waals surface area contributed by atoms with Crippen LogP contribution in [0.2, 0.25) is 0 Å². The lowest BCUT2D eigenvalue weighted by atomic mass is 10.1. The van der Waals surface area contributed by atoms with Gasteiger partial charge in [-0.15, -0.1) is 0 Å². The number of hydrogen-bond donors (Lipinski definition) is 3. The van der Waals surface area contributed by atoms with Gasteiger partial charge in [-0.1, -0.05) is 25.7 Å². The van der Waals surface area contributed by atoms with Crippen LogP contribution in [-0.4, -0.2) is 16.0 Å². The molecular formula is C11H19N5. The Labute approximate surface area is 95.8 Å². The van der Waals surface area contributed by atoms with Gasteiger partial charge in [0.1, 0.15) is 18.0 Å². The van der Waals surface area contributed by atoms with Crippen LogP contribution in [0.5, 0.6) is 0 Å². The number of rotatable bonds is 3. The number of nitrogens with one attached hydrogen (secondary N) is 2. The topological polar surface area (TPSA) is 75.9 Å². The van der Waals surface area contributed by atoms with Crippen LogP contribution in [0, 0.1) is 0 Å². The van der Waals surface area contributed by atoms with Crippen LogP contribution >= 0.6 is 0 Å². The third-order valence-electron chi connectivity index (χ3n) is 3.02. The second-order valence-electron chi connectivity index (χ2n) is 4.27. The van der Waals surface area contributed by atoms with Crippen molar-refractivity contribution in [3.8, 4) is 0 Å². The van der Waals surface area contributed by atoms with Crippen molar-refractivity contribution in [3.05, 3.63) is 12.4 Å². The highest BCUT2D eigenvalue weighted by atomic mass is 15.3. The quantitative estimate of drug-likeness (QED) is 0.413. The third-order valence-corrected chi connectivity index (χ3v) is 3.02. The second-order valence-corrected chi connectivity index (χ2v) is 4.27. The highest BCUT2D eigenvalue weighted by molar-refractivity contribution is 5.46. The highest BCUT2D eigenvalue weighted by Crippen LogP contribution is 2.20. The van der Waals surface area contributed by atoms with Crippen LogP contribution in [0.3, 0.4) is 0 Å². The molecule has 1 aliphatic carbocycles. The second kappa shape index (κ2) is 5.65. The van der Waals surface area contributed by atoms with Gasteiger partial charge in [0.15, 0.2) is 0 Å². The van der Waals surface area contributed by atoms with Crippen molar-refractivity contribution in [1.29, 1.82) is 0 Å². The van der Waals surface area contributed by atoms with Crippen LogP contribution in [-0.2, 0) is 0 Å². The zero-order valence-corrected chi connectivity index (χ0v) is 9.45. The standard InChI is InChI=1S/C11H19N5/c12-16-11-7-10(13-8-14-11)15-9-5-3-1-2-4-6-9/h7-9H,1-6,12H2,(H2,13,14,15,16). The molecule has 0 amide bonds. The van der Waals surface area contributed by atoms with E-state index in [0.29, 0.717) is 11.9 Å². The first-order valence-electron chi connectivity index (χ1n) is 5.93. The first kappa shape index (κ1) is 11.1. The SMILES string of the molecule is NNc1cc(NC2CCCCCC2)ncn1. The van der Waals surface area contributed by atoms with E-state index in [-0.39, 0.29) is 0 Å². The van der Waals surface area contributed by atoms with Crippen molar-refractivity contribution in [1.82, 2.24) is 9.97 Å². The monoisotopic (exact) mass is 221 g/mol. The van der Waals surface area contributed by atoms with E-state index in [0.717, 1.165) is 5.82 Å². The molecular weight excluding hydrogens is 202 g/mol. The van der Waals surface area contributed by atoms with Gasteiger partial charge in [-0.3, -0.25) is 0 Å². The molecule has 2 rings (SSSR count). The van der Waals surface area contributed by atoms with E-state index in [9.17, 15) is 0 Å². The summed E-state index contributed by atoms with van der Waals surface area (Å²) in [4.78, 5) is 8.18. The molecule has 88 valence electrons. The first-order valence-corrected chi connectivity index (χ1v) is 5.93. The Bertz CT molecular complexity index is 320. The van der Waals surface area contributed by atoms with Gasteiger partial charge >= 0.3 is 0 Å². The summed E-state index contributed by atoms with van der Waals surface area (Å²) in [6.45, 7) is 0. The summed E-state index contributed by atoms with van der Waals surface area (Å²) in [6, 6.07) is 2.38. The lowest BCUT2D eigenvalue weighted by Gasteiger charge is -2.16. The Kier molecular flexibility index (Phi) is 3.93. The molecule has 0 unspecified atom stereocenters. The maximum atomic E-state index is 5.31. The van der Waals surface area contributed by atoms with Gasteiger partial charge in [0.2, 0.25) is 0 Å². The summed E-state index contributed by atoms with van der Waals surface area (Å²) < 4.78 is 0. The summed E-state index contributed by atoms with van der Waals surface area (Å²) in [6.07, 6.45) is 9.32. The molecule has 16 heavy (non-hydrogen) atoms. The lowest BCUT2D eigenvalue weighted by molar-refractivity contribution is 0.617. The minimum absolute atomic E-state index is 0.544. The molecule has 1 aromatic rings.